The van der Waals surface area contributed by atoms with E-state index in [0.717, 1.165) is 11.0 Å². The Morgan fingerprint density at radius 2 is 1.55 bits per heavy atom. The van der Waals surface area contributed by atoms with Crippen molar-refractivity contribution >= 4 is 21.8 Å². The van der Waals surface area contributed by atoms with Crippen LogP contribution in [-0.2, 0) is 7.05 Å². The van der Waals surface area contributed by atoms with Crippen LogP contribution in [0.15, 0.2) is 41.2 Å². The van der Waals surface area contributed by atoms with Crippen LogP contribution in [0.3, 0.4) is 0 Å². The number of methoxy groups -OCH3 is 2. The third-order valence-electron chi connectivity index (χ3n) is 3.62. The summed E-state index contributed by atoms with van der Waals surface area (Å²) in [5.41, 5.74) is 1.73. The molecule has 0 atom stereocenters. The first-order chi connectivity index (χ1) is 9.67. The number of nitrogens with zero attached hydrogens (tertiary/aromatic N) is 1. The van der Waals surface area contributed by atoms with Gasteiger partial charge in [-0.15, -0.1) is 0 Å². The highest BCUT2D eigenvalue weighted by atomic mass is 16.5. The van der Waals surface area contributed by atoms with Crippen molar-refractivity contribution in [1.29, 1.82) is 0 Å². The zero-order chi connectivity index (χ0) is 14.3. The molecule has 0 bridgehead atoms. The smallest absolute Gasteiger partial charge is 0.197 e. The minimum Gasteiger partial charge on any atom is -0.493 e. The lowest BCUT2D eigenvalue weighted by molar-refractivity contribution is 0.355. The quantitative estimate of drug-likeness (QED) is 0.672. The number of benzene rings is 2. The summed E-state index contributed by atoms with van der Waals surface area (Å²) in [6.45, 7) is 0. The largest absolute Gasteiger partial charge is 0.493 e. The van der Waals surface area contributed by atoms with Crippen molar-refractivity contribution in [3.63, 3.8) is 0 Å². The predicted octanol–water partition coefficient (Wildman–Crippen LogP) is 2.71. The molecule has 0 N–H and O–H groups in total. The lowest BCUT2D eigenvalue weighted by atomic mass is 10.1. The molecule has 0 amide bonds. The molecule has 0 aliphatic carbocycles. The SMILES string of the molecule is COc1cc2c(=O)c3ccccc3n(C)c2cc1OC. The topological polar surface area (TPSA) is 40.5 Å². The molecule has 0 saturated heterocycles. The van der Waals surface area contributed by atoms with Crippen molar-refractivity contribution in [3.8, 4) is 11.5 Å². The third kappa shape index (κ3) is 1.65. The first-order valence-electron chi connectivity index (χ1n) is 6.31. The van der Waals surface area contributed by atoms with Gasteiger partial charge < -0.3 is 14.0 Å². The molecule has 3 rings (SSSR count). The molecule has 4 heteroatoms. The molecule has 2 aromatic carbocycles. The average Bonchev–Trinajstić information content (AvgIpc) is 2.51. The zero-order valence-electron chi connectivity index (χ0n) is 11.6. The second kappa shape index (κ2) is 4.56. The molecule has 102 valence electrons. The Balaban J connectivity index is 2.56. The summed E-state index contributed by atoms with van der Waals surface area (Å²) < 4.78 is 12.6. The Bertz CT molecular complexity index is 865. The molecule has 1 aromatic heterocycles. The lowest BCUT2D eigenvalue weighted by Crippen LogP contribution is -2.09. The Hall–Kier alpha value is -2.49. The fraction of sp³-hybridized carbons (Fsp3) is 0.188. The number of rotatable bonds is 2. The van der Waals surface area contributed by atoms with E-state index >= 15 is 0 Å². The molecule has 1 heterocycles. The molecule has 0 aliphatic rings. The first-order valence-corrected chi connectivity index (χ1v) is 6.31. The van der Waals surface area contributed by atoms with E-state index < -0.39 is 0 Å². The number of para-hydroxylation sites is 1. The summed E-state index contributed by atoms with van der Waals surface area (Å²) >= 11 is 0. The van der Waals surface area contributed by atoms with Crippen molar-refractivity contribution in [2.45, 2.75) is 0 Å². The van der Waals surface area contributed by atoms with Gasteiger partial charge in [-0.1, -0.05) is 12.1 Å². The number of hydrogen-bond acceptors (Lipinski definition) is 3. The molecule has 0 aliphatic heterocycles. The molecular weight excluding hydrogens is 254 g/mol. The van der Waals surface area contributed by atoms with Crippen LogP contribution in [0.5, 0.6) is 11.5 Å². The van der Waals surface area contributed by atoms with Gasteiger partial charge in [0.15, 0.2) is 16.9 Å². The zero-order valence-corrected chi connectivity index (χ0v) is 11.6. The van der Waals surface area contributed by atoms with Crippen LogP contribution in [0, 0.1) is 0 Å². The molecule has 0 radical (unpaired) electrons. The number of fused-ring (bicyclic) bond motifs is 2. The summed E-state index contributed by atoms with van der Waals surface area (Å²) in [5, 5.41) is 1.33. The monoisotopic (exact) mass is 269 g/mol. The summed E-state index contributed by atoms with van der Waals surface area (Å²) in [6, 6.07) is 11.1. The van der Waals surface area contributed by atoms with Gasteiger partial charge in [-0.25, -0.2) is 0 Å². The van der Waals surface area contributed by atoms with Crippen LogP contribution in [0.25, 0.3) is 21.8 Å². The Morgan fingerprint density at radius 3 is 2.25 bits per heavy atom. The van der Waals surface area contributed by atoms with Gasteiger partial charge in [-0.3, -0.25) is 4.79 Å². The van der Waals surface area contributed by atoms with Crippen molar-refractivity contribution in [1.82, 2.24) is 4.57 Å². The van der Waals surface area contributed by atoms with E-state index in [1.54, 1.807) is 20.3 Å². The molecule has 0 unspecified atom stereocenters. The molecule has 0 saturated carbocycles. The number of ether oxygens (including phenoxy) is 2. The van der Waals surface area contributed by atoms with Crippen molar-refractivity contribution in [3.05, 3.63) is 46.6 Å². The second-order valence-electron chi connectivity index (χ2n) is 4.63. The van der Waals surface area contributed by atoms with Crippen LogP contribution in [-0.4, -0.2) is 18.8 Å². The normalized spacial score (nSPS) is 10.9. The molecule has 0 spiro atoms. The Labute approximate surface area is 116 Å². The summed E-state index contributed by atoms with van der Waals surface area (Å²) in [7, 11) is 5.09. The summed E-state index contributed by atoms with van der Waals surface area (Å²) in [4.78, 5) is 12.6. The first kappa shape index (κ1) is 12.5. The molecular formula is C16H15NO3. The van der Waals surface area contributed by atoms with Crippen molar-refractivity contribution in [2.75, 3.05) is 14.2 Å². The maximum Gasteiger partial charge on any atom is 0.197 e. The van der Waals surface area contributed by atoms with E-state index in [1.165, 1.54) is 0 Å². The van der Waals surface area contributed by atoms with Gasteiger partial charge in [0, 0.05) is 18.5 Å². The van der Waals surface area contributed by atoms with E-state index in [0.29, 0.717) is 22.3 Å². The Kier molecular flexibility index (Phi) is 2.86. The number of pyridine rings is 1. The van der Waals surface area contributed by atoms with Crippen molar-refractivity contribution < 1.29 is 9.47 Å². The van der Waals surface area contributed by atoms with Gasteiger partial charge in [-0.05, 0) is 18.2 Å². The summed E-state index contributed by atoms with van der Waals surface area (Å²) in [5.74, 6) is 1.18. The highest BCUT2D eigenvalue weighted by Gasteiger charge is 2.13. The van der Waals surface area contributed by atoms with E-state index in [9.17, 15) is 4.79 Å². The fourth-order valence-corrected chi connectivity index (χ4v) is 2.56. The van der Waals surface area contributed by atoms with Crippen LogP contribution < -0.4 is 14.9 Å². The molecule has 3 aromatic rings. The lowest BCUT2D eigenvalue weighted by Gasteiger charge is -2.13. The van der Waals surface area contributed by atoms with E-state index in [2.05, 4.69) is 0 Å². The Morgan fingerprint density at radius 1 is 0.900 bits per heavy atom. The molecule has 0 fully saturated rings. The maximum absolute atomic E-state index is 12.6. The fourth-order valence-electron chi connectivity index (χ4n) is 2.56. The predicted molar refractivity (Wildman–Crippen MR) is 79.8 cm³/mol. The molecule has 20 heavy (non-hydrogen) atoms. The van der Waals surface area contributed by atoms with Gasteiger partial charge in [0.25, 0.3) is 0 Å². The van der Waals surface area contributed by atoms with Gasteiger partial charge in [0.05, 0.1) is 30.6 Å². The minimum atomic E-state index is 0.00894. The highest BCUT2D eigenvalue weighted by Crippen LogP contribution is 2.31. The van der Waals surface area contributed by atoms with Crippen molar-refractivity contribution in [2.24, 2.45) is 7.05 Å². The van der Waals surface area contributed by atoms with Crippen LogP contribution in [0.4, 0.5) is 0 Å². The van der Waals surface area contributed by atoms with Crippen LogP contribution in [0.2, 0.25) is 0 Å². The third-order valence-corrected chi connectivity index (χ3v) is 3.62. The standard InChI is InChI=1S/C16H15NO3/c1-17-12-7-5-4-6-10(12)16(18)11-8-14(19-2)15(20-3)9-13(11)17/h4-9H,1-3H3. The van der Waals surface area contributed by atoms with E-state index in [-0.39, 0.29) is 5.43 Å². The minimum absolute atomic E-state index is 0.00894. The van der Waals surface area contributed by atoms with Crippen LogP contribution in [0.1, 0.15) is 0 Å². The van der Waals surface area contributed by atoms with Crippen LogP contribution >= 0.6 is 0 Å². The highest BCUT2D eigenvalue weighted by molar-refractivity contribution is 5.94. The second-order valence-corrected chi connectivity index (χ2v) is 4.63. The summed E-state index contributed by atoms with van der Waals surface area (Å²) in [6.07, 6.45) is 0. The van der Waals surface area contributed by atoms with Gasteiger partial charge >= 0.3 is 0 Å². The van der Waals surface area contributed by atoms with Gasteiger partial charge in [0.2, 0.25) is 0 Å². The number of aryl methyl sites for hydroxylation is 1. The van der Waals surface area contributed by atoms with Gasteiger partial charge in [-0.2, -0.15) is 0 Å². The number of hydrogen-bond donors (Lipinski definition) is 0. The average molecular weight is 269 g/mol. The molecule has 4 nitrogen and oxygen atoms in total. The van der Waals surface area contributed by atoms with E-state index in [4.69, 9.17) is 9.47 Å². The number of aromatic nitrogens is 1. The van der Waals surface area contributed by atoms with E-state index in [1.807, 2.05) is 41.9 Å². The van der Waals surface area contributed by atoms with Gasteiger partial charge in [0.1, 0.15) is 0 Å². The maximum atomic E-state index is 12.6.